The van der Waals surface area contributed by atoms with Crippen LogP contribution in [0.2, 0.25) is 0 Å². The summed E-state index contributed by atoms with van der Waals surface area (Å²) in [5.74, 6) is 1.32. The number of hydrogen-bond donors (Lipinski definition) is 1. The van der Waals surface area contributed by atoms with E-state index >= 15 is 0 Å². The van der Waals surface area contributed by atoms with Gasteiger partial charge in [0.1, 0.15) is 11.9 Å². The second kappa shape index (κ2) is 5.60. The van der Waals surface area contributed by atoms with E-state index in [1.165, 1.54) is 5.56 Å². The Balaban J connectivity index is 1.67. The van der Waals surface area contributed by atoms with Gasteiger partial charge in [-0.05, 0) is 25.5 Å². The van der Waals surface area contributed by atoms with Crippen molar-refractivity contribution in [3.8, 4) is 5.75 Å². The summed E-state index contributed by atoms with van der Waals surface area (Å²) in [6.07, 6.45) is 4.25. The lowest BCUT2D eigenvalue weighted by Crippen LogP contribution is -2.30. The fraction of sp³-hybridized carbons (Fsp3) is 0.375. The summed E-state index contributed by atoms with van der Waals surface area (Å²) < 4.78 is 7.51. The molecule has 1 atom stereocenters. The predicted octanol–water partition coefficient (Wildman–Crippen LogP) is 2.24. The lowest BCUT2D eigenvalue weighted by molar-refractivity contribution is 0.246. The largest absolute Gasteiger partial charge is 0.488 e. The second-order valence-electron chi connectivity index (χ2n) is 5.51. The van der Waals surface area contributed by atoms with Crippen molar-refractivity contribution in [3.63, 3.8) is 0 Å². The standard InChI is InChI=1S/C16H19N3O2/c1-11(2)19-8-7-17-15(16(19)20)18-10-13-9-12-5-3-4-6-14(12)21-13/h3-8,11,13H,9-10H2,1-2H3,(H,17,18). The predicted molar refractivity (Wildman–Crippen MR) is 81.9 cm³/mol. The van der Waals surface area contributed by atoms with Crippen LogP contribution in [0.25, 0.3) is 0 Å². The Bertz CT molecular complexity index is 669. The Hall–Kier alpha value is -2.30. The van der Waals surface area contributed by atoms with Crippen LogP contribution in [0.1, 0.15) is 25.5 Å². The van der Waals surface area contributed by atoms with Gasteiger partial charge in [-0.1, -0.05) is 18.2 Å². The van der Waals surface area contributed by atoms with E-state index in [1.54, 1.807) is 17.0 Å². The van der Waals surface area contributed by atoms with E-state index in [-0.39, 0.29) is 17.7 Å². The maximum atomic E-state index is 12.2. The van der Waals surface area contributed by atoms with E-state index in [1.807, 2.05) is 32.0 Å². The first-order valence-corrected chi connectivity index (χ1v) is 7.20. The summed E-state index contributed by atoms with van der Waals surface area (Å²) in [5.41, 5.74) is 1.12. The molecule has 0 aliphatic carbocycles. The molecule has 5 heteroatoms. The average molecular weight is 285 g/mol. The van der Waals surface area contributed by atoms with Crippen LogP contribution in [0.4, 0.5) is 5.82 Å². The Morgan fingerprint density at radius 3 is 3.00 bits per heavy atom. The zero-order valence-electron chi connectivity index (χ0n) is 12.2. The van der Waals surface area contributed by atoms with Crippen molar-refractivity contribution in [3.05, 3.63) is 52.6 Å². The molecule has 5 nitrogen and oxygen atoms in total. The van der Waals surface area contributed by atoms with Gasteiger partial charge in [0.2, 0.25) is 0 Å². The van der Waals surface area contributed by atoms with Crippen LogP contribution in [0.5, 0.6) is 5.75 Å². The van der Waals surface area contributed by atoms with Crippen molar-refractivity contribution < 1.29 is 4.74 Å². The fourth-order valence-corrected chi connectivity index (χ4v) is 2.53. The van der Waals surface area contributed by atoms with Crippen LogP contribution < -0.4 is 15.6 Å². The number of nitrogens with zero attached hydrogens (tertiary/aromatic N) is 2. The maximum Gasteiger partial charge on any atom is 0.293 e. The van der Waals surface area contributed by atoms with E-state index in [9.17, 15) is 4.79 Å². The SMILES string of the molecule is CC(C)n1ccnc(NCC2Cc3ccccc3O2)c1=O. The van der Waals surface area contributed by atoms with E-state index < -0.39 is 0 Å². The molecule has 0 fully saturated rings. The number of para-hydroxylation sites is 1. The molecular weight excluding hydrogens is 266 g/mol. The van der Waals surface area contributed by atoms with Crippen molar-refractivity contribution in [1.82, 2.24) is 9.55 Å². The highest BCUT2D eigenvalue weighted by molar-refractivity contribution is 5.38. The monoisotopic (exact) mass is 285 g/mol. The number of rotatable bonds is 4. The van der Waals surface area contributed by atoms with Gasteiger partial charge in [0.05, 0.1) is 6.54 Å². The molecule has 1 aliphatic heterocycles. The van der Waals surface area contributed by atoms with Gasteiger partial charge in [-0.3, -0.25) is 4.79 Å². The number of hydrogen-bond acceptors (Lipinski definition) is 4. The lowest BCUT2D eigenvalue weighted by atomic mass is 10.1. The minimum atomic E-state index is -0.0944. The first-order chi connectivity index (χ1) is 10.1. The van der Waals surface area contributed by atoms with Crippen molar-refractivity contribution in [1.29, 1.82) is 0 Å². The van der Waals surface area contributed by atoms with Crippen molar-refractivity contribution in [2.45, 2.75) is 32.4 Å². The van der Waals surface area contributed by atoms with Gasteiger partial charge in [-0.15, -0.1) is 0 Å². The molecule has 1 N–H and O–H groups in total. The molecular formula is C16H19N3O2. The summed E-state index contributed by atoms with van der Waals surface area (Å²) in [6, 6.07) is 8.14. The van der Waals surface area contributed by atoms with Crippen molar-refractivity contribution in [2.24, 2.45) is 0 Å². The van der Waals surface area contributed by atoms with Gasteiger partial charge in [0.25, 0.3) is 5.56 Å². The summed E-state index contributed by atoms with van der Waals surface area (Å²) in [5, 5.41) is 3.12. The number of nitrogens with one attached hydrogen (secondary N) is 1. The van der Waals surface area contributed by atoms with Crippen LogP contribution in [-0.4, -0.2) is 22.2 Å². The van der Waals surface area contributed by atoms with E-state index in [0.29, 0.717) is 12.4 Å². The third-order valence-corrected chi connectivity index (χ3v) is 3.64. The molecule has 1 aromatic carbocycles. The van der Waals surface area contributed by atoms with Gasteiger partial charge in [0.15, 0.2) is 5.82 Å². The summed E-state index contributed by atoms with van der Waals surface area (Å²) in [4.78, 5) is 16.4. The van der Waals surface area contributed by atoms with Crippen LogP contribution in [0.3, 0.4) is 0 Å². The molecule has 21 heavy (non-hydrogen) atoms. The molecule has 0 bridgehead atoms. The highest BCUT2D eigenvalue weighted by Gasteiger charge is 2.22. The molecule has 0 amide bonds. The third kappa shape index (κ3) is 2.77. The Kier molecular flexibility index (Phi) is 3.64. The Morgan fingerprint density at radius 2 is 2.24 bits per heavy atom. The molecule has 3 rings (SSSR count). The van der Waals surface area contributed by atoms with Gasteiger partial charge in [0, 0.05) is 24.9 Å². The molecule has 1 unspecified atom stereocenters. The molecule has 0 saturated heterocycles. The zero-order valence-corrected chi connectivity index (χ0v) is 12.2. The highest BCUT2D eigenvalue weighted by Crippen LogP contribution is 2.27. The molecule has 0 radical (unpaired) electrons. The lowest BCUT2D eigenvalue weighted by Gasteiger charge is -2.14. The van der Waals surface area contributed by atoms with Gasteiger partial charge < -0.3 is 14.6 Å². The Labute approximate surface area is 123 Å². The number of anilines is 1. The highest BCUT2D eigenvalue weighted by atomic mass is 16.5. The van der Waals surface area contributed by atoms with Gasteiger partial charge >= 0.3 is 0 Å². The molecule has 1 aromatic heterocycles. The van der Waals surface area contributed by atoms with Crippen molar-refractivity contribution in [2.75, 3.05) is 11.9 Å². The topological polar surface area (TPSA) is 56.1 Å². The molecule has 2 aromatic rings. The minimum absolute atomic E-state index is 0.0382. The van der Waals surface area contributed by atoms with E-state index in [0.717, 1.165) is 12.2 Å². The molecule has 0 spiro atoms. The van der Waals surface area contributed by atoms with Crippen LogP contribution in [0, 0.1) is 0 Å². The normalized spacial score (nSPS) is 16.6. The number of aromatic nitrogens is 2. The first-order valence-electron chi connectivity index (χ1n) is 7.20. The van der Waals surface area contributed by atoms with E-state index in [4.69, 9.17) is 4.74 Å². The fourth-order valence-electron chi connectivity index (χ4n) is 2.53. The molecule has 1 aliphatic rings. The van der Waals surface area contributed by atoms with Gasteiger partial charge in [-0.2, -0.15) is 0 Å². The number of fused-ring (bicyclic) bond motifs is 1. The Morgan fingerprint density at radius 1 is 1.43 bits per heavy atom. The average Bonchev–Trinajstić information content (AvgIpc) is 2.88. The molecule has 110 valence electrons. The van der Waals surface area contributed by atoms with Crippen LogP contribution in [0.15, 0.2) is 41.5 Å². The van der Waals surface area contributed by atoms with E-state index in [2.05, 4.69) is 16.4 Å². The smallest absolute Gasteiger partial charge is 0.293 e. The number of ether oxygens (including phenoxy) is 1. The van der Waals surface area contributed by atoms with Crippen LogP contribution >= 0.6 is 0 Å². The quantitative estimate of drug-likeness (QED) is 0.936. The van der Waals surface area contributed by atoms with Crippen LogP contribution in [-0.2, 0) is 6.42 Å². The molecule has 0 saturated carbocycles. The van der Waals surface area contributed by atoms with Crippen molar-refractivity contribution >= 4 is 5.82 Å². The zero-order chi connectivity index (χ0) is 14.8. The summed E-state index contributed by atoms with van der Waals surface area (Å²) in [7, 11) is 0. The summed E-state index contributed by atoms with van der Waals surface area (Å²) >= 11 is 0. The maximum absolute atomic E-state index is 12.2. The minimum Gasteiger partial charge on any atom is -0.488 e. The van der Waals surface area contributed by atoms with Gasteiger partial charge in [-0.25, -0.2) is 4.98 Å². The third-order valence-electron chi connectivity index (χ3n) is 3.64. The molecule has 2 heterocycles. The second-order valence-corrected chi connectivity index (χ2v) is 5.51. The summed E-state index contributed by atoms with van der Waals surface area (Å²) in [6.45, 7) is 4.52. The number of benzene rings is 1. The first kappa shape index (κ1) is 13.7.